The van der Waals surface area contributed by atoms with Gasteiger partial charge in [0.25, 0.3) is 0 Å². The van der Waals surface area contributed by atoms with E-state index in [0.29, 0.717) is 12.3 Å². The third-order valence-electron chi connectivity index (χ3n) is 3.05. The van der Waals surface area contributed by atoms with Crippen molar-refractivity contribution in [3.8, 4) is 22.9 Å². The van der Waals surface area contributed by atoms with E-state index in [0.717, 1.165) is 23.3 Å². The number of rotatable bonds is 1. The van der Waals surface area contributed by atoms with E-state index in [1.165, 1.54) is 4.57 Å². The van der Waals surface area contributed by atoms with Crippen LogP contribution in [0.5, 0.6) is 11.6 Å². The Hall–Kier alpha value is -2.17. The maximum atomic E-state index is 11.4. The van der Waals surface area contributed by atoms with Crippen LogP contribution in [-0.2, 0) is 13.5 Å². The Kier molecular flexibility index (Phi) is 2.01. The highest BCUT2D eigenvalue weighted by atomic mass is 16.5. The number of ether oxygens (including phenoxy) is 1. The minimum atomic E-state index is -0.325. The summed E-state index contributed by atoms with van der Waals surface area (Å²) in [5.41, 5.74) is 2.10. The van der Waals surface area contributed by atoms with E-state index < -0.39 is 0 Å². The van der Waals surface area contributed by atoms with Crippen LogP contribution in [-0.4, -0.2) is 21.3 Å². The fourth-order valence-corrected chi connectivity index (χ4v) is 2.17. The average Bonchev–Trinajstić information content (AvgIpc) is 2.84. The van der Waals surface area contributed by atoms with Gasteiger partial charge in [-0.2, -0.15) is 0 Å². The van der Waals surface area contributed by atoms with E-state index in [2.05, 4.69) is 4.98 Å². The van der Waals surface area contributed by atoms with E-state index in [-0.39, 0.29) is 11.6 Å². The molecule has 1 aromatic heterocycles. The maximum absolute atomic E-state index is 11.4. The van der Waals surface area contributed by atoms with Crippen LogP contribution in [0.4, 0.5) is 0 Å². The van der Waals surface area contributed by atoms with Crippen molar-refractivity contribution >= 4 is 0 Å². The Morgan fingerprint density at radius 3 is 3.00 bits per heavy atom. The third-order valence-corrected chi connectivity index (χ3v) is 3.05. The molecule has 0 fully saturated rings. The number of hydrogen-bond donors (Lipinski definition) is 2. The summed E-state index contributed by atoms with van der Waals surface area (Å²) < 4.78 is 6.81. The molecule has 2 N–H and O–H groups in total. The first-order valence-electron chi connectivity index (χ1n) is 5.41. The summed E-state index contributed by atoms with van der Waals surface area (Å²) in [4.78, 5) is 13.8. The smallest absolute Gasteiger partial charge is 0.328 e. The number of aromatic nitrogens is 2. The van der Waals surface area contributed by atoms with Crippen molar-refractivity contribution in [2.24, 2.45) is 7.05 Å². The number of fused-ring (bicyclic) bond motifs is 1. The van der Waals surface area contributed by atoms with Crippen molar-refractivity contribution < 1.29 is 9.84 Å². The molecule has 0 unspecified atom stereocenters. The molecule has 0 atom stereocenters. The molecule has 5 nitrogen and oxygen atoms in total. The normalized spacial score (nSPS) is 13.5. The average molecular weight is 232 g/mol. The summed E-state index contributed by atoms with van der Waals surface area (Å²) in [5.74, 6) is 0.783. The molecule has 88 valence electrons. The molecule has 5 heteroatoms. The lowest BCUT2D eigenvalue weighted by Crippen LogP contribution is -2.13. The summed E-state index contributed by atoms with van der Waals surface area (Å²) in [6.45, 7) is 0.691. The molecule has 3 rings (SSSR count). The zero-order valence-electron chi connectivity index (χ0n) is 9.36. The number of nitrogens with one attached hydrogen (secondary N) is 1. The monoisotopic (exact) mass is 232 g/mol. The molecule has 2 aromatic rings. The van der Waals surface area contributed by atoms with E-state index in [4.69, 9.17) is 4.74 Å². The second-order valence-electron chi connectivity index (χ2n) is 4.11. The minimum absolute atomic E-state index is 0.101. The highest BCUT2D eigenvalue weighted by Crippen LogP contribution is 2.32. The molecule has 1 aromatic carbocycles. The zero-order chi connectivity index (χ0) is 12.0. The van der Waals surface area contributed by atoms with E-state index in [9.17, 15) is 9.90 Å². The first kappa shape index (κ1) is 10.0. The summed E-state index contributed by atoms with van der Waals surface area (Å²) in [6, 6.07) is 5.66. The first-order valence-corrected chi connectivity index (χ1v) is 5.41. The topological polar surface area (TPSA) is 67.2 Å². The Labute approximate surface area is 97.3 Å². The Bertz CT molecular complexity index is 640. The molecular weight excluding hydrogens is 220 g/mol. The number of aromatic hydroxyl groups is 1. The van der Waals surface area contributed by atoms with Crippen molar-refractivity contribution in [3.63, 3.8) is 0 Å². The lowest BCUT2D eigenvalue weighted by molar-refractivity contribution is 0.357. The number of H-pyrrole nitrogens is 1. The van der Waals surface area contributed by atoms with Crippen LogP contribution >= 0.6 is 0 Å². The van der Waals surface area contributed by atoms with Crippen molar-refractivity contribution in [1.82, 2.24) is 9.55 Å². The molecule has 0 bridgehead atoms. The summed E-state index contributed by atoms with van der Waals surface area (Å²) >= 11 is 0. The number of benzene rings is 1. The van der Waals surface area contributed by atoms with Gasteiger partial charge in [0, 0.05) is 19.0 Å². The van der Waals surface area contributed by atoms with Crippen molar-refractivity contribution in [2.75, 3.05) is 6.61 Å². The number of aromatic amines is 1. The van der Waals surface area contributed by atoms with Crippen molar-refractivity contribution in [1.29, 1.82) is 0 Å². The van der Waals surface area contributed by atoms with Gasteiger partial charge in [-0.25, -0.2) is 4.79 Å². The van der Waals surface area contributed by atoms with Crippen LogP contribution in [0.25, 0.3) is 11.3 Å². The van der Waals surface area contributed by atoms with Gasteiger partial charge in [0.15, 0.2) is 0 Å². The molecule has 1 aliphatic rings. The van der Waals surface area contributed by atoms with Crippen LogP contribution in [0.2, 0.25) is 0 Å². The van der Waals surface area contributed by atoms with Crippen molar-refractivity contribution in [3.05, 3.63) is 34.2 Å². The Balaban J connectivity index is 2.19. The molecule has 0 radical (unpaired) electrons. The standard InChI is InChI=1S/C12H12N2O3/c1-14-10(11(15)13-12(14)16)8-2-3-9-7(6-8)4-5-17-9/h2-3,6,15H,4-5H2,1H3,(H,13,16). The van der Waals surface area contributed by atoms with E-state index in [1.807, 2.05) is 18.2 Å². The minimum Gasteiger partial charge on any atom is -0.493 e. The van der Waals surface area contributed by atoms with Gasteiger partial charge in [0.05, 0.1) is 6.61 Å². The summed E-state index contributed by atoms with van der Waals surface area (Å²) in [7, 11) is 1.62. The van der Waals surface area contributed by atoms with Crippen molar-refractivity contribution in [2.45, 2.75) is 6.42 Å². The maximum Gasteiger partial charge on any atom is 0.328 e. The zero-order valence-corrected chi connectivity index (χ0v) is 9.36. The summed E-state index contributed by atoms with van der Waals surface area (Å²) in [5, 5.41) is 9.71. The van der Waals surface area contributed by atoms with Gasteiger partial charge >= 0.3 is 5.69 Å². The second-order valence-corrected chi connectivity index (χ2v) is 4.11. The number of hydrogen-bond acceptors (Lipinski definition) is 3. The van der Waals surface area contributed by atoms with Crippen LogP contribution in [0, 0.1) is 0 Å². The van der Waals surface area contributed by atoms with Crippen LogP contribution in [0.3, 0.4) is 0 Å². The lowest BCUT2D eigenvalue weighted by Gasteiger charge is -2.05. The van der Waals surface area contributed by atoms with E-state index >= 15 is 0 Å². The van der Waals surface area contributed by atoms with Gasteiger partial charge in [0.2, 0.25) is 5.88 Å². The third kappa shape index (κ3) is 1.43. The predicted octanol–water partition coefficient (Wildman–Crippen LogP) is 1.02. The molecule has 2 heterocycles. The highest BCUT2D eigenvalue weighted by Gasteiger charge is 2.17. The molecule has 0 aliphatic carbocycles. The van der Waals surface area contributed by atoms with Gasteiger partial charge in [-0.1, -0.05) is 0 Å². The summed E-state index contributed by atoms with van der Waals surface area (Å²) in [6.07, 6.45) is 0.863. The largest absolute Gasteiger partial charge is 0.493 e. The van der Waals surface area contributed by atoms with Gasteiger partial charge in [-0.15, -0.1) is 0 Å². The van der Waals surface area contributed by atoms with Gasteiger partial charge in [-0.05, 0) is 23.8 Å². The quantitative estimate of drug-likeness (QED) is 0.771. The predicted molar refractivity (Wildman–Crippen MR) is 62.3 cm³/mol. The number of nitrogens with zero attached hydrogens (tertiary/aromatic N) is 1. The van der Waals surface area contributed by atoms with Gasteiger partial charge in [0.1, 0.15) is 11.4 Å². The van der Waals surface area contributed by atoms with Crippen LogP contribution in [0.1, 0.15) is 5.56 Å². The molecule has 17 heavy (non-hydrogen) atoms. The van der Waals surface area contributed by atoms with Crippen LogP contribution in [0.15, 0.2) is 23.0 Å². The fraction of sp³-hybridized carbons (Fsp3) is 0.250. The molecule has 0 spiro atoms. The van der Waals surface area contributed by atoms with Gasteiger partial charge < -0.3 is 9.84 Å². The van der Waals surface area contributed by atoms with E-state index in [1.54, 1.807) is 7.05 Å². The molecule has 0 saturated heterocycles. The second kappa shape index (κ2) is 3.41. The van der Waals surface area contributed by atoms with Gasteiger partial charge in [-0.3, -0.25) is 9.55 Å². The molecule has 1 aliphatic heterocycles. The molecule has 0 saturated carbocycles. The van der Waals surface area contributed by atoms with Crippen LogP contribution < -0.4 is 10.4 Å². The molecular formula is C12H12N2O3. The fourth-order valence-electron chi connectivity index (χ4n) is 2.17. The SMILES string of the molecule is Cn1c(-c2ccc3c(c2)CCO3)c(O)[nH]c1=O. The highest BCUT2D eigenvalue weighted by molar-refractivity contribution is 5.67. The molecule has 0 amide bonds. The Morgan fingerprint density at radius 1 is 1.47 bits per heavy atom. The Morgan fingerprint density at radius 2 is 2.29 bits per heavy atom. The first-order chi connectivity index (χ1) is 8.16. The lowest BCUT2D eigenvalue weighted by atomic mass is 10.1. The number of imidazole rings is 1.